The standard InChI is InChI=1S/C13H19IN2O2S/c1-18-7-10-12(14)13(17)16-11(15-10)8-19-9-5-3-2-4-6-9/h9H,2-8H2,1H3,(H,15,16,17). The van der Waals surface area contributed by atoms with E-state index in [2.05, 4.69) is 9.97 Å². The summed E-state index contributed by atoms with van der Waals surface area (Å²) in [5.41, 5.74) is 0.688. The van der Waals surface area contributed by atoms with E-state index in [1.165, 1.54) is 32.1 Å². The first-order chi connectivity index (χ1) is 9.20. The molecule has 1 aromatic rings. The predicted octanol–water partition coefficient (Wildman–Crippen LogP) is 3.09. The summed E-state index contributed by atoms with van der Waals surface area (Å²) in [6, 6.07) is 0. The Kier molecular flexibility index (Phi) is 6.15. The largest absolute Gasteiger partial charge is 0.378 e. The molecule has 1 heterocycles. The number of hydrogen-bond acceptors (Lipinski definition) is 4. The molecule has 0 spiro atoms. The van der Waals surface area contributed by atoms with E-state index in [0.717, 1.165) is 22.5 Å². The van der Waals surface area contributed by atoms with Gasteiger partial charge in [0.1, 0.15) is 9.39 Å². The van der Waals surface area contributed by atoms with Gasteiger partial charge in [0.15, 0.2) is 0 Å². The molecule has 106 valence electrons. The fraction of sp³-hybridized carbons (Fsp3) is 0.692. The van der Waals surface area contributed by atoms with Crippen molar-refractivity contribution in [2.45, 2.75) is 49.7 Å². The summed E-state index contributed by atoms with van der Waals surface area (Å²) in [6.45, 7) is 0.392. The minimum atomic E-state index is -0.0538. The number of H-pyrrole nitrogens is 1. The van der Waals surface area contributed by atoms with Crippen LogP contribution < -0.4 is 5.56 Å². The lowest BCUT2D eigenvalue weighted by Gasteiger charge is -2.20. The Morgan fingerprint density at radius 2 is 2.16 bits per heavy atom. The maximum absolute atomic E-state index is 11.8. The highest BCUT2D eigenvalue weighted by Crippen LogP contribution is 2.29. The molecule has 1 aliphatic rings. The van der Waals surface area contributed by atoms with Crippen LogP contribution in [0.5, 0.6) is 0 Å². The first kappa shape index (κ1) is 15.3. The number of hydrogen-bond donors (Lipinski definition) is 1. The lowest BCUT2D eigenvalue weighted by molar-refractivity contribution is 0.180. The zero-order valence-electron chi connectivity index (χ0n) is 11.1. The van der Waals surface area contributed by atoms with Gasteiger partial charge in [0.05, 0.1) is 18.1 Å². The van der Waals surface area contributed by atoms with Gasteiger partial charge in [-0.2, -0.15) is 11.8 Å². The normalized spacial score (nSPS) is 16.7. The summed E-state index contributed by atoms with van der Waals surface area (Å²) in [5, 5.41) is 0.726. The summed E-state index contributed by atoms with van der Waals surface area (Å²) in [7, 11) is 1.62. The number of aromatic nitrogens is 2. The Balaban J connectivity index is 2.01. The third kappa shape index (κ3) is 4.46. The van der Waals surface area contributed by atoms with E-state index < -0.39 is 0 Å². The molecule has 1 fully saturated rings. The van der Waals surface area contributed by atoms with Crippen molar-refractivity contribution in [2.75, 3.05) is 7.11 Å². The van der Waals surface area contributed by atoms with E-state index in [1.54, 1.807) is 7.11 Å². The van der Waals surface area contributed by atoms with E-state index in [9.17, 15) is 4.79 Å². The average molecular weight is 394 g/mol. The first-order valence-corrected chi connectivity index (χ1v) is 8.71. The first-order valence-electron chi connectivity index (χ1n) is 6.59. The Bertz CT molecular complexity index is 472. The molecule has 0 radical (unpaired) electrons. The van der Waals surface area contributed by atoms with Crippen molar-refractivity contribution in [3.63, 3.8) is 0 Å². The molecule has 0 amide bonds. The van der Waals surface area contributed by atoms with Gasteiger partial charge in [0.2, 0.25) is 0 Å². The van der Waals surface area contributed by atoms with E-state index in [4.69, 9.17) is 4.74 Å². The van der Waals surface area contributed by atoms with Gasteiger partial charge in [0, 0.05) is 12.4 Å². The molecule has 4 nitrogen and oxygen atoms in total. The van der Waals surface area contributed by atoms with Crippen molar-refractivity contribution < 1.29 is 4.74 Å². The second kappa shape index (κ2) is 7.64. The minimum Gasteiger partial charge on any atom is -0.378 e. The molecule has 0 aromatic carbocycles. The van der Waals surface area contributed by atoms with Crippen molar-refractivity contribution in [2.24, 2.45) is 0 Å². The number of halogens is 1. The van der Waals surface area contributed by atoms with Gasteiger partial charge >= 0.3 is 0 Å². The molecule has 2 rings (SSSR count). The van der Waals surface area contributed by atoms with Crippen LogP contribution in [0.4, 0.5) is 0 Å². The third-order valence-corrected chi connectivity index (χ3v) is 5.76. The highest BCUT2D eigenvalue weighted by Gasteiger charge is 2.15. The highest BCUT2D eigenvalue weighted by atomic mass is 127. The quantitative estimate of drug-likeness (QED) is 0.780. The second-order valence-corrected chi connectivity index (χ2v) is 7.14. The van der Waals surface area contributed by atoms with Gasteiger partial charge in [0.25, 0.3) is 5.56 Å². The van der Waals surface area contributed by atoms with Crippen LogP contribution in [0, 0.1) is 3.57 Å². The molecule has 1 saturated carbocycles. The number of ether oxygens (including phenoxy) is 1. The highest BCUT2D eigenvalue weighted by molar-refractivity contribution is 14.1. The van der Waals surface area contributed by atoms with Gasteiger partial charge in [-0.05, 0) is 35.4 Å². The molecule has 6 heteroatoms. The maximum atomic E-state index is 11.8. The Labute approximate surface area is 131 Å². The summed E-state index contributed by atoms with van der Waals surface area (Å²) >= 11 is 3.94. The molecular formula is C13H19IN2O2S. The molecule has 1 N–H and O–H groups in total. The zero-order valence-corrected chi connectivity index (χ0v) is 14.1. The van der Waals surface area contributed by atoms with Crippen LogP contribution in [0.1, 0.15) is 43.6 Å². The van der Waals surface area contributed by atoms with E-state index >= 15 is 0 Å². The van der Waals surface area contributed by atoms with Gasteiger partial charge in [-0.3, -0.25) is 4.79 Å². The smallest absolute Gasteiger partial charge is 0.264 e. The number of nitrogens with zero attached hydrogens (tertiary/aromatic N) is 1. The van der Waals surface area contributed by atoms with Crippen LogP contribution in [0.25, 0.3) is 0 Å². The molecule has 0 saturated heterocycles. The number of nitrogens with one attached hydrogen (secondary N) is 1. The summed E-state index contributed by atoms with van der Waals surface area (Å²) in [5.74, 6) is 1.56. The molecule has 1 aliphatic carbocycles. The fourth-order valence-electron chi connectivity index (χ4n) is 2.29. The second-order valence-electron chi connectivity index (χ2n) is 4.78. The number of thioether (sulfide) groups is 1. The van der Waals surface area contributed by atoms with Gasteiger partial charge < -0.3 is 9.72 Å². The van der Waals surface area contributed by atoms with E-state index in [1.807, 2.05) is 34.4 Å². The van der Waals surface area contributed by atoms with Crippen LogP contribution in [0.15, 0.2) is 4.79 Å². The minimum absolute atomic E-state index is 0.0538. The number of methoxy groups -OCH3 is 1. The average Bonchev–Trinajstić information content (AvgIpc) is 2.43. The van der Waals surface area contributed by atoms with E-state index in [-0.39, 0.29) is 5.56 Å². The van der Waals surface area contributed by atoms with Crippen LogP contribution in [0.3, 0.4) is 0 Å². The molecule has 0 atom stereocenters. The van der Waals surface area contributed by atoms with Crippen molar-refractivity contribution in [1.29, 1.82) is 0 Å². The van der Waals surface area contributed by atoms with Gasteiger partial charge in [-0.1, -0.05) is 19.3 Å². The third-order valence-electron chi connectivity index (χ3n) is 3.27. The predicted molar refractivity (Wildman–Crippen MR) is 86.5 cm³/mol. The summed E-state index contributed by atoms with van der Waals surface area (Å²) in [6.07, 6.45) is 6.63. The van der Waals surface area contributed by atoms with Crippen molar-refractivity contribution in [3.05, 3.63) is 25.4 Å². The summed E-state index contributed by atoms with van der Waals surface area (Å²) < 4.78 is 5.72. The van der Waals surface area contributed by atoms with Crippen molar-refractivity contribution in [1.82, 2.24) is 9.97 Å². The SMILES string of the molecule is COCc1nc(CSC2CCCCC2)[nH]c(=O)c1I. The fourth-order valence-corrected chi connectivity index (χ4v) is 3.89. The Morgan fingerprint density at radius 3 is 2.84 bits per heavy atom. The van der Waals surface area contributed by atoms with Crippen LogP contribution >= 0.6 is 34.4 Å². The lowest BCUT2D eigenvalue weighted by Crippen LogP contribution is -2.19. The Hall–Kier alpha value is -0.0800. The monoisotopic (exact) mass is 394 g/mol. The summed E-state index contributed by atoms with van der Waals surface area (Å²) in [4.78, 5) is 19.2. The molecular weight excluding hydrogens is 375 g/mol. The molecule has 0 unspecified atom stereocenters. The molecule has 19 heavy (non-hydrogen) atoms. The molecule has 0 aliphatic heterocycles. The van der Waals surface area contributed by atoms with Gasteiger partial charge in [-0.25, -0.2) is 4.98 Å². The number of rotatable bonds is 5. The van der Waals surface area contributed by atoms with Crippen LogP contribution in [0.2, 0.25) is 0 Å². The van der Waals surface area contributed by atoms with E-state index in [0.29, 0.717) is 10.2 Å². The zero-order chi connectivity index (χ0) is 13.7. The number of aromatic amines is 1. The molecule has 1 aromatic heterocycles. The Morgan fingerprint density at radius 1 is 1.42 bits per heavy atom. The van der Waals surface area contributed by atoms with Crippen LogP contribution in [-0.2, 0) is 17.1 Å². The van der Waals surface area contributed by atoms with Gasteiger partial charge in [-0.15, -0.1) is 0 Å². The topological polar surface area (TPSA) is 55.0 Å². The van der Waals surface area contributed by atoms with Crippen LogP contribution in [-0.4, -0.2) is 22.3 Å². The lowest BCUT2D eigenvalue weighted by atomic mass is 10.0. The molecule has 0 bridgehead atoms. The van der Waals surface area contributed by atoms with Crippen molar-refractivity contribution >= 4 is 34.4 Å². The maximum Gasteiger partial charge on any atom is 0.264 e. The van der Waals surface area contributed by atoms with Crippen molar-refractivity contribution in [3.8, 4) is 0 Å².